The number of pyridine rings is 1. The third-order valence-electron chi connectivity index (χ3n) is 3.96. The van der Waals surface area contributed by atoms with Crippen LogP contribution in [-0.4, -0.2) is 29.5 Å². The van der Waals surface area contributed by atoms with Crippen molar-refractivity contribution in [1.82, 2.24) is 4.98 Å². The Bertz CT molecular complexity index is 835. The minimum atomic E-state index is -4.72. The lowest BCUT2D eigenvalue weighted by molar-refractivity contribution is -0.137. The Balaban J connectivity index is 1.82. The lowest BCUT2D eigenvalue weighted by Crippen LogP contribution is -2.27. The number of ether oxygens (including phenoxy) is 1. The van der Waals surface area contributed by atoms with Crippen LogP contribution in [0, 0.1) is 0 Å². The molecular weight excluding hydrogens is 363 g/mol. The van der Waals surface area contributed by atoms with Crippen molar-refractivity contribution in [2.75, 3.05) is 17.2 Å². The van der Waals surface area contributed by atoms with Gasteiger partial charge in [0, 0.05) is 18.5 Å². The second-order valence-corrected chi connectivity index (χ2v) is 5.92. The van der Waals surface area contributed by atoms with E-state index in [1.807, 2.05) is 0 Å². The molecule has 1 atom stereocenters. The minimum absolute atomic E-state index is 0.0126. The molecule has 0 radical (unpaired) electrons. The van der Waals surface area contributed by atoms with Gasteiger partial charge in [0.2, 0.25) is 0 Å². The van der Waals surface area contributed by atoms with Crippen molar-refractivity contribution in [1.29, 1.82) is 0 Å². The van der Waals surface area contributed by atoms with E-state index in [1.165, 1.54) is 18.3 Å². The van der Waals surface area contributed by atoms with Crippen LogP contribution < -0.4 is 10.6 Å². The average Bonchev–Trinajstić information content (AvgIpc) is 3.17. The first-order valence-electron chi connectivity index (χ1n) is 8.21. The van der Waals surface area contributed by atoms with E-state index in [9.17, 15) is 22.8 Å². The van der Waals surface area contributed by atoms with Crippen molar-refractivity contribution < 1.29 is 27.5 Å². The summed E-state index contributed by atoms with van der Waals surface area (Å²) >= 11 is 0. The van der Waals surface area contributed by atoms with Gasteiger partial charge in [-0.2, -0.15) is 13.2 Å². The summed E-state index contributed by atoms with van der Waals surface area (Å²) in [5.41, 5.74) is -1.54. The zero-order valence-corrected chi connectivity index (χ0v) is 14.0. The van der Waals surface area contributed by atoms with Crippen LogP contribution >= 0.6 is 0 Å². The first-order valence-corrected chi connectivity index (χ1v) is 8.21. The first-order chi connectivity index (χ1) is 12.8. The standard InChI is InChI=1S/C18H16F3N3O3/c19-18(20,21)12-10-11(23-17(26)15-5-3-9-27-15)6-7-13(12)24-16(25)14-4-1-2-8-22-14/h1-2,4,6-8,10,15H,3,5,9H2,(H,23,26)(H,24,25)/t15-/m1/s1. The third kappa shape index (κ3) is 4.62. The molecule has 1 aliphatic heterocycles. The molecule has 27 heavy (non-hydrogen) atoms. The van der Waals surface area contributed by atoms with E-state index in [0.717, 1.165) is 18.6 Å². The van der Waals surface area contributed by atoms with Crippen molar-refractivity contribution in [2.24, 2.45) is 0 Å². The molecule has 1 aromatic carbocycles. The topological polar surface area (TPSA) is 80.3 Å². The van der Waals surface area contributed by atoms with Gasteiger partial charge in [-0.3, -0.25) is 14.6 Å². The smallest absolute Gasteiger partial charge is 0.368 e. The van der Waals surface area contributed by atoms with Gasteiger partial charge in [-0.1, -0.05) is 6.07 Å². The van der Waals surface area contributed by atoms with Crippen LogP contribution in [0.3, 0.4) is 0 Å². The lowest BCUT2D eigenvalue weighted by Gasteiger charge is -2.16. The van der Waals surface area contributed by atoms with Crippen LogP contribution in [0.4, 0.5) is 24.5 Å². The number of hydrogen-bond acceptors (Lipinski definition) is 4. The number of rotatable bonds is 4. The maximum absolute atomic E-state index is 13.4. The molecule has 2 N–H and O–H groups in total. The second kappa shape index (κ2) is 7.75. The van der Waals surface area contributed by atoms with Crippen LogP contribution in [-0.2, 0) is 15.7 Å². The molecule has 0 unspecified atom stereocenters. The summed E-state index contributed by atoms with van der Waals surface area (Å²) in [6.07, 6.45) is -2.77. The summed E-state index contributed by atoms with van der Waals surface area (Å²) in [6.45, 7) is 0.449. The number of alkyl halides is 3. The molecule has 142 valence electrons. The van der Waals surface area contributed by atoms with Gasteiger partial charge >= 0.3 is 6.18 Å². The van der Waals surface area contributed by atoms with Gasteiger partial charge in [0.1, 0.15) is 11.8 Å². The molecule has 9 heteroatoms. The Hall–Kier alpha value is -2.94. The molecule has 0 spiro atoms. The molecule has 1 fully saturated rings. The van der Waals surface area contributed by atoms with Crippen LogP contribution in [0.2, 0.25) is 0 Å². The highest BCUT2D eigenvalue weighted by molar-refractivity contribution is 6.03. The summed E-state index contributed by atoms with van der Waals surface area (Å²) in [7, 11) is 0. The first kappa shape index (κ1) is 18.8. The molecule has 0 saturated carbocycles. The van der Waals surface area contributed by atoms with Crippen molar-refractivity contribution in [2.45, 2.75) is 25.1 Å². The van der Waals surface area contributed by atoms with Gasteiger partial charge in [0.05, 0.1) is 11.3 Å². The molecule has 1 aliphatic rings. The van der Waals surface area contributed by atoms with E-state index in [4.69, 9.17) is 4.74 Å². The largest absolute Gasteiger partial charge is 0.418 e. The fourth-order valence-corrected chi connectivity index (χ4v) is 2.66. The van der Waals surface area contributed by atoms with Crippen molar-refractivity contribution in [3.05, 3.63) is 53.9 Å². The number of carbonyl (C=O) groups excluding carboxylic acids is 2. The third-order valence-corrected chi connectivity index (χ3v) is 3.96. The predicted octanol–water partition coefficient (Wildman–Crippen LogP) is 3.47. The molecule has 3 rings (SSSR count). The molecule has 0 bridgehead atoms. The Morgan fingerprint density at radius 1 is 1.15 bits per heavy atom. The van der Waals surface area contributed by atoms with Crippen molar-refractivity contribution in [3.63, 3.8) is 0 Å². The summed E-state index contributed by atoms with van der Waals surface area (Å²) in [6, 6.07) is 7.68. The number of hydrogen-bond donors (Lipinski definition) is 2. The van der Waals surface area contributed by atoms with Crippen LogP contribution in [0.5, 0.6) is 0 Å². The van der Waals surface area contributed by atoms with Gasteiger partial charge in [-0.25, -0.2) is 0 Å². The Morgan fingerprint density at radius 3 is 2.59 bits per heavy atom. The quantitative estimate of drug-likeness (QED) is 0.853. The lowest BCUT2D eigenvalue weighted by atomic mass is 10.1. The fourth-order valence-electron chi connectivity index (χ4n) is 2.66. The molecule has 1 saturated heterocycles. The maximum atomic E-state index is 13.4. The molecule has 6 nitrogen and oxygen atoms in total. The number of anilines is 2. The van der Waals surface area contributed by atoms with E-state index in [-0.39, 0.29) is 11.4 Å². The van der Waals surface area contributed by atoms with E-state index in [0.29, 0.717) is 13.0 Å². The van der Waals surface area contributed by atoms with E-state index < -0.39 is 35.3 Å². The molecule has 2 heterocycles. The zero-order chi connectivity index (χ0) is 19.4. The van der Waals surface area contributed by atoms with E-state index in [1.54, 1.807) is 12.1 Å². The fraction of sp³-hybridized carbons (Fsp3) is 0.278. The van der Waals surface area contributed by atoms with Gasteiger partial charge in [-0.15, -0.1) is 0 Å². The average molecular weight is 379 g/mol. The number of carbonyl (C=O) groups is 2. The number of halogens is 3. The van der Waals surface area contributed by atoms with Gasteiger partial charge < -0.3 is 15.4 Å². The van der Waals surface area contributed by atoms with Gasteiger partial charge in [0.25, 0.3) is 11.8 Å². The monoisotopic (exact) mass is 379 g/mol. The predicted molar refractivity (Wildman–Crippen MR) is 91.2 cm³/mol. The van der Waals surface area contributed by atoms with E-state index >= 15 is 0 Å². The molecule has 0 aliphatic carbocycles. The van der Waals surface area contributed by atoms with Crippen molar-refractivity contribution in [3.8, 4) is 0 Å². The van der Waals surface area contributed by atoms with Crippen molar-refractivity contribution >= 4 is 23.2 Å². The SMILES string of the molecule is O=C(Nc1ccc(NC(=O)[C@H]2CCCO2)cc1C(F)(F)F)c1ccccn1. The highest BCUT2D eigenvalue weighted by atomic mass is 19.4. The molecular formula is C18H16F3N3O3. The van der Waals surface area contributed by atoms with Crippen LogP contribution in [0.25, 0.3) is 0 Å². The highest BCUT2D eigenvalue weighted by Crippen LogP contribution is 2.37. The number of aromatic nitrogens is 1. The Labute approximate surface area is 152 Å². The van der Waals surface area contributed by atoms with Crippen LogP contribution in [0.15, 0.2) is 42.6 Å². The summed E-state index contributed by atoms with van der Waals surface area (Å²) in [5, 5.41) is 4.63. The molecule has 1 aromatic heterocycles. The maximum Gasteiger partial charge on any atom is 0.418 e. The number of amides is 2. The molecule has 2 aromatic rings. The number of benzene rings is 1. The molecule has 2 amide bonds. The second-order valence-electron chi connectivity index (χ2n) is 5.92. The number of nitrogens with one attached hydrogen (secondary N) is 2. The van der Waals surface area contributed by atoms with Gasteiger partial charge in [0.15, 0.2) is 0 Å². The van der Waals surface area contributed by atoms with E-state index in [2.05, 4.69) is 15.6 Å². The summed E-state index contributed by atoms with van der Waals surface area (Å²) < 4.78 is 45.5. The Kier molecular flexibility index (Phi) is 5.41. The summed E-state index contributed by atoms with van der Waals surface area (Å²) in [4.78, 5) is 27.9. The normalized spacial score (nSPS) is 16.8. The summed E-state index contributed by atoms with van der Waals surface area (Å²) in [5.74, 6) is -1.26. The number of nitrogens with zero attached hydrogens (tertiary/aromatic N) is 1. The highest BCUT2D eigenvalue weighted by Gasteiger charge is 2.35. The zero-order valence-electron chi connectivity index (χ0n) is 14.0. The minimum Gasteiger partial charge on any atom is -0.368 e. The van der Waals surface area contributed by atoms with Crippen LogP contribution in [0.1, 0.15) is 28.9 Å². The van der Waals surface area contributed by atoms with Gasteiger partial charge in [-0.05, 0) is 43.2 Å². The Morgan fingerprint density at radius 2 is 1.96 bits per heavy atom.